The smallest absolute Gasteiger partial charge is 0.319 e. The zero-order chi connectivity index (χ0) is 13.5. The van der Waals surface area contributed by atoms with Gasteiger partial charge in [-0.2, -0.15) is 4.73 Å². The third kappa shape index (κ3) is 3.45. The molecule has 18 heavy (non-hydrogen) atoms. The second kappa shape index (κ2) is 6.99. The zero-order valence-electron chi connectivity index (χ0n) is 11.4. The molecule has 0 saturated carbocycles. The highest BCUT2D eigenvalue weighted by molar-refractivity contribution is 5.90. The highest BCUT2D eigenvalue weighted by Crippen LogP contribution is 2.11. The van der Waals surface area contributed by atoms with Crippen molar-refractivity contribution in [1.29, 1.82) is 0 Å². The SMILES string of the molecule is CCC(CC)CN(CC)C(=O)c1cccc[n+]1[O-]. The van der Waals surface area contributed by atoms with Crippen LogP contribution in [0.1, 0.15) is 44.1 Å². The third-order valence-electron chi connectivity index (χ3n) is 3.35. The summed E-state index contributed by atoms with van der Waals surface area (Å²) in [6.07, 6.45) is 3.46. The molecule has 0 unspecified atom stereocenters. The van der Waals surface area contributed by atoms with Crippen molar-refractivity contribution in [3.63, 3.8) is 0 Å². The number of carbonyl (C=O) groups excluding carboxylic acids is 1. The molecule has 0 saturated heterocycles. The van der Waals surface area contributed by atoms with Gasteiger partial charge in [-0.15, -0.1) is 0 Å². The molecule has 1 aromatic heterocycles. The lowest BCUT2D eigenvalue weighted by molar-refractivity contribution is -0.608. The van der Waals surface area contributed by atoms with Crippen molar-refractivity contribution in [2.45, 2.75) is 33.6 Å². The molecule has 100 valence electrons. The Kier molecular flexibility index (Phi) is 5.62. The molecular weight excluding hydrogens is 228 g/mol. The molecule has 1 amide bonds. The Morgan fingerprint density at radius 3 is 2.50 bits per heavy atom. The quantitative estimate of drug-likeness (QED) is 0.574. The van der Waals surface area contributed by atoms with E-state index in [2.05, 4.69) is 13.8 Å². The van der Waals surface area contributed by atoms with Gasteiger partial charge in [0.1, 0.15) is 0 Å². The van der Waals surface area contributed by atoms with E-state index in [1.807, 2.05) is 6.92 Å². The molecule has 0 atom stereocenters. The van der Waals surface area contributed by atoms with Crippen LogP contribution in [0.2, 0.25) is 0 Å². The Balaban J connectivity index is 2.83. The predicted molar refractivity (Wildman–Crippen MR) is 71.1 cm³/mol. The van der Waals surface area contributed by atoms with Gasteiger partial charge in [-0.05, 0) is 18.9 Å². The Morgan fingerprint density at radius 1 is 1.33 bits per heavy atom. The molecule has 1 heterocycles. The molecule has 4 nitrogen and oxygen atoms in total. The number of hydrogen-bond donors (Lipinski definition) is 0. The lowest BCUT2D eigenvalue weighted by atomic mass is 10.0. The molecule has 0 radical (unpaired) electrons. The summed E-state index contributed by atoms with van der Waals surface area (Å²) in [6.45, 7) is 7.55. The molecule has 0 N–H and O–H groups in total. The van der Waals surface area contributed by atoms with Crippen LogP contribution in [0.5, 0.6) is 0 Å². The summed E-state index contributed by atoms with van der Waals surface area (Å²) in [7, 11) is 0. The Bertz CT molecular complexity index is 389. The van der Waals surface area contributed by atoms with Crippen LogP contribution < -0.4 is 4.73 Å². The number of amides is 1. The fourth-order valence-corrected chi connectivity index (χ4v) is 1.97. The lowest BCUT2D eigenvalue weighted by Crippen LogP contribution is -2.43. The van der Waals surface area contributed by atoms with Gasteiger partial charge in [0.25, 0.3) is 5.69 Å². The van der Waals surface area contributed by atoms with Crippen LogP contribution in [-0.2, 0) is 0 Å². The highest BCUT2D eigenvalue weighted by atomic mass is 16.5. The molecule has 0 spiro atoms. The maximum absolute atomic E-state index is 12.3. The van der Waals surface area contributed by atoms with E-state index in [9.17, 15) is 10.0 Å². The van der Waals surface area contributed by atoms with E-state index in [-0.39, 0.29) is 11.6 Å². The zero-order valence-corrected chi connectivity index (χ0v) is 11.4. The van der Waals surface area contributed by atoms with Crippen LogP contribution in [0.15, 0.2) is 24.4 Å². The van der Waals surface area contributed by atoms with Crippen molar-refractivity contribution in [2.24, 2.45) is 5.92 Å². The monoisotopic (exact) mass is 250 g/mol. The number of pyridine rings is 1. The molecule has 0 aromatic carbocycles. The van der Waals surface area contributed by atoms with Gasteiger partial charge in [-0.3, -0.25) is 4.79 Å². The van der Waals surface area contributed by atoms with Crippen molar-refractivity contribution in [1.82, 2.24) is 4.90 Å². The molecule has 1 aromatic rings. The molecule has 0 aliphatic rings. The van der Waals surface area contributed by atoms with Crippen LogP contribution in [0.3, 0.4) is 0 Å². The lowest BCUT2D eigenvalue weighted by Gasteiger charge is -2.24. The summed E-state index contributed by atoms with van der Waals surface area (Å²) < 4.78 is 0.637. The van der Waals surface area contributed by atoms with E-state index >= 15 is 0 Å². The van der Waals surface area contributed by atoms with Gasteiger partial charge < -0.3 is 10.1 Å². The summed E-state index contributed by atoms with van der Waals surface area (Å²) in [4.78, 5) is 14.0. The normalized spacial score (nSPS) is 10.7. The standard InChI is InChI=1S/C14H22N2O2/c1-4-12(5-2)11-15(6-3)14(17)13-9-7-8-10-16(13)18/h7-10,12H,4-6,11H2,1-3H3. The van der Waals surface area contributed by atoms with Gasteiger partial charge in [0.15, 0.2) is 6.20 Å². The van der Waals surface area contributed by atoms with E-state index in [0.29, 0.717) is 17.2 Å². The van der Waals surface area contributed by atoms with E-state index in [1.165, 1.54) is 6.20 Å². The fraction of sp³-hybridized carbons (Fsp3) is 0.571. The van der Waals surface area contributed by atoms with Crippen molar-refractivity contribution < 1.29 is 9.52 Å². The summed E-state index contributed by atoms with van der Waals surface area (Å²) in [5.74, 6) is 0.317. The first-order valence-electron chi connectivity index (χ1n) is 6.61. The Morgan fingerprint density at radius 2 is 2.00 bits per heavy atom. The van der Waals surface area contributed by atoms with Crippen molar-refractivity contribution in [2.75, 3.05) is 13.1 Å². The van der Waals surface area contributed by atoms with E-state index < -0.39 is 0 Å². The van der Waals surface area contributed by atoms with Crippen LogP contribution >= 0.6 is 0 Å². The summed E-state index contributed by atoms with van der Waals surface area (Å²) in [6, 6.07) is 4.92. The fourth-order valence-electron chi connectivity index (χ4n) is 1.97. The Labute approximate surface area is 109 Å². The summed E-state index contributed by atoms with van der Waals surface area (Å²) in [5.41, 5.74) is 0.199. The summed E-state index contributed by atoms with van der Waals surface area (Å²) in [5, 5.41) is 11.6. The van der Waals surface area contributed by atoms with Gasteiger partial charge in [0.2, 0.25) is 0 Å². The van der Waals surface area contributed by atoms with Gasteiger partial charge in [0.05, 0.1) is 0 Å². The molecular formula is C14H22N2O2. The minimum atomic E-state index is -0.181. The molecule has 0 aliphatic heterocycles. The molecule has 0 aliphatic carbocycles. The van der Waals surface area contributed by atoms with Crippen molar-refractivity contribution >= 4 is 5.91 Å². The number of nitrogens with zero attached hydrogens (tertiary/aromatic N) is 2. The average Bonchev–Trinajstić information content (AvgIpc) is 2.40. The number of rotatable bonds is 6. The highest BCUT2D eigenvalue weighted by Gasteiger charge is 2.23. The predicted octanol–water partition coefficient (Wildman–Crippen LogP) is 2.22. The van der Waals surface area contributed by atoms with Crippen LogP contribution in [-0.4, -0.2) is 23.9 Å². The van der Waals surface area contributed by atoms with Crippen LogP contribution in [0, 0.1) is 11.1 Å². The number of carbonyl (C=O) groups is 1. The van der Waals surface area contributed by atoms with E-state index in [4.69, 9.17) is 0 Å². The van der Waals surface area contributed by atoms with E-state index in [0.717, 1.165) is 19.4 Å². The first-order chi connectivity index (χ1) is 8.63. The topological polar surface area (TPSA) is 47.2 Å². The number of hydrogen-bond acceptors (Lipinski definition) is 2. The third-order valence-corrected chi connectivity index (χ3v) is 3.35. The maximum Gasteiger partial charge on any atom is 0.319 e. The molecule has 0 bridgehead atoms. The van der Waals surface area contributed by atoms with E-state index in [1.54, 1.807) is 23.1 Å². The maximum atomic E-state index is 12.3. The number of aromatic nitrogens is 1. The van der Waals surface area contributed by atoms with Crippen molar-refractivity contribution in [3.05, 3.63) is 35.3 Å². The first-order valence-corrected chi connectivity index (χ1v) is 6.61. The average molecular weight is 250 g/mol. The second-order valence-corrected chi connectivity index (χ2v) is 4.44. The molecule has 4 heteroatoms. The Hall–Kier alpha value is -1.58. The molecule has 1 rings (SSSR count). The second-order valence-electron chi connectivity index (χ2n) is 4.44. The van der Waals surface area contributed by atoms with Gasteiger partial charge >= 0.3 is 5.91 Å². The summed E-state index contributed by atoms with van der Waals surface area (Å²) >= 11 is 0. The van der Waals surface area contributed by atoms with Gasteiger partial charge in [0, 0.05) is 25.2 Å². The van der Waals surface area contributed by atoms with Gasteiger partial charge in [-0.25, -0.2) is 0 Å². The minimum Gasteiger partial charge on any atom is -0.618 e. The van der Waals surface area contributed by atoms with Crippen LogP contribution in [0.4, 0.5) is 0 Å². The first kappa shape index (κ1) is 14.5. The molecule has 0 fully saturated rings. The minimum absolute atomic E-state index is 0.181. The van der Waals surface area contributed by atoms with Crippen molar-refractivity contribution in [3.8, 4) is 0 Å². The van der Waals surface area contributed by atoms with Crippen LogP contribution in [0.25, 0.3) is 0 Å². The largest absolute Gasteiger partial charge is 0.618 e. The van der Waals surface area contributed by atoms with Gasteiger partial charge in [-0.1, -0.05) is 26.7 Å².